The number of anilines is 1. The van der Waals surface area contributed by atoms with Crippen molar-refractivity contribution in [2.45, 2.75) is 11.3 Å². The van der Waals surface area contributed by atoms with Gasteiger partial charge in [-0.05, 0) is 30.2 Å². The number of nitrogens with two attached hydrogens (primary N) is 1. The molecule has 1 unspecified atom stereocenters. The molecule has 0 amide bonds. The molecule has 0 radical (unpaired) electrons. The average molecular weight is 281 g/mol. The monoisotopic (exact) mass is 281 g/mol. The second-order valence-corrected chi connectivity index (χ2v) is 5.61. The van der Waals surface area contributed by atoms with Gasteiger partial charge < -0.3 is 5.73 Å². The van der Waals surface area contributed by atoms with Crippen molar-refractivity contribution in [1.29, 1.82) is 0 Å². The van der Waals surface area contributed by atoms with Crippen molar-refractivity contribution >= 4 is 16.5 Å². The van der Waals surface area contributed by atoms with Gasteiger partial charge in [-0.2, -0.15) is 0 Å². The van der Waals surface area contributed by atoms with Gasteiger partial charge in [-0.3, -0.25) is 4.21 Å². The van der Waals surface area contributed by atoms with Gasteiger partial charge in [0.1, 0.15) is 11.6 Å². The van der Waals surface area contributed by atoms with E-state index in [-0.39, 0.29) is 10.6 Å². The van der Waals surface area contributed by atoms with E-state index in [4.69, 9.17) is 5.73 Å². The molecule has 100 valence electrons. The fourth-order valence-electron chi connectivity index (χ4n) is 1.73. The summed E-state index contributed by atoms with van der Waals surface area (Å²) in [6, 6.07) is 10.3. The molecular weight excluding hydrogens is 268 g/mol. The summed E-state index contributed by atoms with van der Waals surface area (Å²) in [5, 5.41) is 0. The van der Waals surface area contributed by atoms with Gasteiger partial charge in [0.05, 0.1) is 15.7 Å². The molecule has 2 nitrogen and oxygen atoms in total. The van der Waals surface area contributed by atoms with Crippen LogP contribution in [0.2, 0.25) is 0 Å². The number of benzene rings is 2. The SMILES string of the molecule is Nc1ccccc1CCS(=O)c1ccc(F)cc1F. The Bertz CT molecular complexity index is 616. The molecule has 0 aromatic heterocycles. The Labute approximate surface area is 112 Å². The van der Waals surface area contributed by atoms with E-state index >= 15 is 0 Å². The lowest BCUT2D eigenvalue weighted by Crippen LogP contribution is -2.05. The summed E-state index contributed by atoms with van der Waals surface area (Å²) in [5.41, 5.74) is 7.27. The minimum atomic E-state index is -1.51. The van der Waals surface area contributed by atoms with Crippen molar-refractivity contribution in [3.8, 4) is 0 Å². The molecule has 2 aromatic rings. The van der Waals surface area contributed by atoms with E-state index < -0.39 is 22.4 Å². The highest BCUT2D eigenvalue weighted by Gasteiger charge is 2.11. The molecule has 0 saturated heterocycles. The van der Waals surface area contributed by atoms with Crippen molar-refractivity contribution in [3.05, 3.63) is 59.7 Å². The normalized spacial score (nSPS) is 12.3. The smallest absolute Gasteiger partial charge is 0.142 e. The van der Waals surface area contributed by atoms with E-state index in [9.17, 15) is 13.0 Å². The quantitative estimate of drug-likeness (QED) is 0.876. The molecule has 0 fully saturated rings. The Kier molecular flexibility index (Phi) is 4.27. The Morgan fingerprint density at radius 2 is 1.84 bits per heavy atom. The fraction of sp³-hybridized carbons (Fsp3) is 0.143. The van der Waals surface area contributed by atoms with E-state index in [0.29, 0.717) is 12.1 Å². The zero-order valence-electron chi connectivity index (χ0n) is 10.1. The second kappa shape index (κ2) is 5.93. The van der Waals surface area contributed by atoms with E-state index in [2.05, 4.69) is 0 Å². The van der Waals surface area contributed by atoms with E-state index in [1.54, 1.807) is 6.07 Å². The number of para-hydroxylation sites is 1. The molecule has 5 heteroatoms. The molecule has 0 saturated carbocycles. The third-order valence-electron chi connectivity index (χ3n) is 2.75. The lowest BCUT2D eigenvalue weighted by atomic mass is 10.1. The first-order valence-electron chi connectivity index (χ1n) is 5.75. The molecule has 0 aliphatic rings. The highest BCUT2D eigenvalue weighted by molar-refractivity contribution is 7.85. The van der Waals surface area contributed by atoms with E-state index in [0.717, 1.165) is 17.7 Å². The Balaban J connectivity index is 2.08. The van der Waals surface area contributed by atoms with Crippen molar-refractivity contribution in [1.82, 2.24) is 0 Å². The van der Waals surface area contributed by atoms with Crippen LogP contribution in [0.15, 0.2) is 47.4 Å². The standard InChI is InChI=1S/C14H13F2NOS/c15-11-5-6-14(12(16)9-11)19(18)8-7-10-3-1-2-4-13(10)17/h1-6,9H,7-8,17H2. The lowest BCUT2D eigenvalue weighted by molar-refractivity contribution is 0.562. The van der Waals surface area contributed by atoms with E-state index in [1.807, 2.05) is 18.2 Å². The molecule has 0 aliphatic heterocycles. The molecule has 0 spiro atoms. The zero-order chi connectivity index (χ0) is 13.8. The van der Waals surface area contributed by atoms with Gasteiger partial charge in [0.25, 0.3) is 0 Å². The maximum Gasteiger partial charge on any atom is 0.142 e. The van der Waals surface area contributed by atoms with Gasteiger partial charge in [-0.1, -0.05) is 18.2 Å². The van der Waals surface area contributed by atoms with Crippen molar-refractivity contribution in [2.24, 2.45) is 0 Å². The van der Waals surface area contributed by atoms with Crippen LogP contribution in [-0.2, 0) is 17.2 Å². The highest BCUT2D eigenvalue weighted by Crippen LogP contribution is 2.17. The number of aryl methyl sites for hydroxylation is 1. The Morgan fingerprint density at radius 1 is 1.11 bits per heavy atom. The number of nitrogen functional groups attached to an aromatic ring is 1. The molecule has 2 aromatic carbocycles. The predicted molar refractivity (Wildman–Crippen MR) is 72.2 cm³/mol. The number of hydrogen-bond donors (Lipinski definition) is 1. The van der Waals surface area contributed by atoms with Gasteiger partial charge in [0.2, 0.25) is 0 Å². The first-order valence-corrected chi connectivity index (χ1v) is 7.06. The maximum absolute atomic E-state index is 13.4. The molecule has 0 heterocycles. The van der Waals surface area contributed by atoms with Gasteiger partial charge in [-0.15, -0.1) is 0 Å². The summed E-state index contributed by atoms with van der Waals surface area (Å²) < 4.78 is 38.2. The van der Waals surface area contributed by atoms with Crippen LogP contribution >= 0.6 is 0 Å². The zero-order valence-corrected chi connectivity index (χ0v) is 10.9. The predicted octanol–water partition coefficient (Wildman–Crippen LogP) is 2.90. The van der Waals surface area contributed by atoms with Crippen LogP contribution in [-0.4, -0.2) is 9.96 Å². The second-order valence-electron chi connectivity index (χ2n) is 4.07. The number of halogens is 2. The van der Waals surface area contributed by atoms with Gasteiger partial charge >= 0.3 is 0 Å². The summed E-state index contributed by atoms with van der Waals surface area (Å²) >= 11 is 0. The van der Waals surface area contributed by atoms with Crippen molar-refractivity contribution in [3.63, 3.8) is 0 Å². The Morgan fingerprint density at radius 3 is 2.53 bits per heavy atom. The van der Waals surface area contributed by atoms with Crippen LogP contribution in [0.4, 0.5) is 14.5 Å². The summed E-state index contributed by atoms with van der Waals surface area (Å²) in [4.78, 5) is 0.0240. The van der Waals surface area contributed by atoms with Crippen LogP contribution in [0.3, 0.4) is 0 Å². The molecule has 0 aliphatic carbocycles. The average Bonchev–Trinajstić information content (AvgIpc) is 2.37. The third-order valence-corrected chi connectivity index (χ3v) is 4.15. The minimum absolute atomic E-state index is 0.0240. The van der Waals surface area contributed by atoms with Gasteiger partial charge in [0, 0.05) is 17.5 Å². The minimum Gasteiger partial charge on any atom is -0.399 e. The van der Waals surface area contributed by atoms with E-state index in [1.165, 1.54) is 6.07 Å². The summed E-state index contributed by atoms with van der Waals surface area (Å²) in [5.74, 6) is -1.21. The molecule has 2 N–H and O–H groups in total. The third kappa shape index (κ3) is 3.38. The van der Waals surface area contributed by atoms with Crippen LogP contribution in [0.1, 0.15) is 5.56 Å². The maximum atomic E-state index is 13.4. The Hall–Kier alpha value is -1.75. The first kappa shape index (κ1) is 13.7. The lowest BCUT2D eigenvalue weighted by Gasteiger charge is -2.06. The molecule has 1 atom stereocenters. The largest absolute Gasteiger partial charge is 0.399 e. The van der Waals surface area contributed by atoms with Crippen molar-refractivity contribution in [2.75, 3.05) is 11.5 Å². The van der Waals surface area contributed by atoms with Crippen LogP contribution in [0.5, 0.6) is 0 Å². The molecule has 19 heavy (non-hydrogen) atoms. The van der Waals surface area contributed by atoms with Crippen molar-refractivity contribution < 1.29 is 13.0 Å². The van der Waals surface area contributed by atoms with Crippen LogP contribution in [0, 0.1) is 11.6 Å². The van der Waals surface area contributed by atoms with Gasteiger partial charge in [0.15, 0.2) is 0 Å². The van der Waals surface area contributed by atoms with Gasteiger partial charge in [-0.25, -0.2) is 8.78 Å². The molecular formula is C14H13F2NOS. The number of rotatable bonds is 4. The summed E-state index contributed by atoms with van der Waals surface area (Å²) in [6.45, 7) is 0. The van der Waals surface area contributed by atoms with Crippen LogP contribution in [0.25, 0.3) is 0 Å². The highest BCUT2D eigenvalue weighted by atomic mass is 32.2. The number of hydrogen-bond acceptors (Lipinski definition) is 2. The summed E-state index contributed by atoms with van der Waals surface area (Å²) in [7, 11) is -1.51. The van der Waals surface area contributed by atoms with Crippen LogP contribution < -0.4 is 5.73 Å². The topological polar surface area (TPSA) is 43.1 Å². The molecule has 0 bridgehead atoms. The first-order chi connectivity index (χ1) is 9.08. The summed E-state index contributed by atoms with van der Waals surface area (Å²) in [6.07, 6.45) is 0.482. The molecule has 2 rings (SSSR count). The fourth-order valence-corrected chi connectivity index (χ4v) is 2.86.